The molecule has 1 aromatic heterocycles. The van der Waals surface area contributed by atoms with Gasteiger partial charge in [0.2, 0.25) is 0 Å². The van der Waals surface area contributed by atoms with E-state index >= 15 is 0 Å². The van der Waals surface area contributed by atoms with E-state index in [1.165, 1.54) is 5.56 Å². The minimum Gasteiger partial charge on any atom is -0.486 e. The van der Waals surface area contributed by atoms with Gasteiger partial charge in [-0.1, -0.05) is 6.07 Å². The molecular formula is C19H23N3O3. The van der Waals surface area contributed by atoms with Crippen molar-refractivity contribution >= 4 is 0 Å². The number of nitrogens with zero attached hydrogens (tertiary/aromatic N) is 3. The number of morpholine rings is 1. The van der Waals surface area contributed by atoms with E-state index in [9.17, 15) is 0 Å². The summed E-state index contributed by atoms with van der Waals surface area (Å²) in [4.78, 5) is 11.0. The predicted molar refractivity (Wildman–Crippen MR) is 92.8 cm³/mol. The summed E-state index contributed by atoms with van der Waals surface area (Å²) in [5.74, 6) is 1.70. The van der Waals surface area contributed by atoms with Gasteiger partial charge in [0, 0.05) is 37.7 Å². The lowest BCUT2D eigenvalue weighted by molar-refractivity contribution is -0.0144. The predicted octanol–water partition coefficient (Wildman–Crippen LogP) is 2.08. The molecule has 0 aliphatic carbocycles. The first-order valence-corrected chi connectivity index (χ1v) is 8.84. The second-order valence-corrected chi connectivity index (χ2v) is 6.41. The number of fused-ring (bicyclic) bond motifs is 1. The van der Waals surface area contributed by atoms with Crippen LogP contribution in [0, 0.1) is 0 Å². The molecule has 3 heterocycles. The van der Waals surface area contributed by atoms with Crippen LogP contribution in [0.1, 0.15) is 17.7 Å². The molecule has 6 heteroatoms. The zero-order valence-electron chi connectivity index (χ0n) is 14.3. The maximum atomic E-state index is 5.71. The summed E-state index contributed by atoms with van der Waals surface area (Å²) < 4.78 is 17.0. The summed E-state index contributed by atoms with van der Waals surface area (Å²) in [6.45, 7) is 4.64. The Morgan fingerprint density at radius 1 is 1.08 bits per heavy atom. The van der Waals surface area contributed by atoms with E-state index in [1.807, 2.05) is 12.3 Å². The summed E-state index contributed by atoms with van der Waals surface area (Å²) >= 11 is 0. The van der Waals surface area contributed by atoms with E-state index in [0.717, 1.165) is 56.3 Å². The molecule has 25 heavy (non-hydrogen) atoms. The third-order valence-electron chi connectivity index (χ3n) is 4.69. The summed E-state index contributed by atoms with van der Waals surface area (Å²) in [6.07, 6.45) is 7.23. The molecule has 0 radical (unpaired) electrons. The van der Waals surface area contributed by atoms with Gasteiger partial charge >= 0.3 is 0 Å². The van der Waals surface area contributed by atoms with Crippen LogP contribution in [-0.4, -0.2) is 53.9 Å². The highest BCUT2D eigenvalue weighted by Crippen LogP contribution is 2.31. The lowest BCUT2D eigenvalue weighted by atomic mass is 10.1. The Labute approximate surface area is 147 Å². The van der Waals surface area contributed by atoms with Crippen LogP contribution in [0.3, 0.4) is 0 Å². The Morgan fingerprint density at radius 3 is 2.88 bits per heavy atom. The van der Waals surface area contributed by atoms with E-state index in [4.69, 9.17) is 14.2 Å². The largest absolute Gasteiger partial charge is 0.486 e. The fourth-order valence-electron chi connectivity index (χ4n) is 3.36. The van der Waals surface area contributed by atoms with Crippen LogP contribution in [0.25, 0.3) is 0 Å². The highest BCUT2D eigenvalue weighted by molar-refractivity contribution is 5.43. The molecule has 2 aliphatic rings. The molecule has 1 aromatic carbocycles. The topological polar surface area (TPSA) is 56.7 Å². The van der Waals surface area contributed by atoms with Crippen LogP contribution in [0.5, 0.6) is 11.5 Å². The fraction of sp³-hybridized carbons (Fsp3) is 0.474. The molecule has 0 amide bonds. The van der Waals surface area contributed by atoms with Crippen molar-refractivity contribution in [2.45, 2.75) is 25.4 Å². The molecule has 0 N–H and O–H groups in total. The zero-order chi connectivity index (χ0) is 16.9. The summed E-state index contributed by atoms with van der Waals surface area (Å²) in [7, 11) is 0. The van der Waals surface area contributed by atoms with Gasteiger partial charge in [-0.2, -0.15) is 0 Å². The Morgan fingerprint density at radius 2 is 2.00 bits per heavy atom. The second-order valence-electron chi connectivity index (χ2n) is 6.41. The second kappa shape index (κ2) is 7.80. The van der Waals surface area contributed by atoms with Crippen molar-refractivity contribution in [3.63, 3.8) is 0 Å². The van der Waals surface area contributed by atoms with Gasteiger partial charge in [0.05, 0.1) is 18.9 Å². The van der Waals surface area contributed by atoms with E-state index in [1.54, 1.807) is 12.4 Å². The summed E-state index contributed by atoms with van der Waals surface area (Å²) in [5.41, 5.74) is 2.28. The molecule has 0 bridgehead atoms. The number of hydrogen-bond acceptors (Lipinski definition) is 6. The lowest BCUT2D eigenvalue weighted by Crippen LogP contribution is -2.45. The number of hydrogen-bond donors (Lipinski definition) is 0. The average Bonchev–Trinajstić information content (AvgIpc) is 2.68. The normalized spacial score (nSPS) is 20.4. The van der Waals surface area contributed by atoms with Crippen molar-refractivity contribution < 1.29 is 14.2 Å². The molecule has 0 unspecified atom stereocenters. The standard InChI is InChI=1S/C19H23N3O3/c1-4-18-19(25-10-9-24-18)11-15(1)13-22-7-8-23-14-17(22)3-2-16-12-20-5-6-21-16/h1,4-6,11-12,17H,2-3,7-10,13-14H2/t17-/m1/s1. The smallest absolute Gasteiger partial charge is 0.161 e. The maximum Gasteiger partial charge on any atom is 0.161 e. The maximum absolute atomic E-state index is 5.71. The van der Waals surface area contributed by atoms with Crippen molar-refractivity contribution in [1.82, 2.24) is 14.9 Å². The Hall–Kier alpha value is -2.18. The quantitative estimate of drug-likeness (QED) is 0.830. The Balaban J connectivity index is 1.40. The number of benzene rings is 1. The lowest BCUT2D eigenvalue weighted by Gasteiger charge is -2.35. The van der Waals surface area contributed by atoms with Crippen molar-refractivity contribution in [3.8, 4) is 11.5 Å². The highest BCUT2D eigenvalue weighted by Gasteiger charge is 2.23. The van der Waals surface area contributed by atoms with Crippen molar-refractivity contribution in [1.29, 1.82) is 0 Å². The van der Waals surface area contributed by atoms with Gasteiger partial charge in [-0.25, -0.2) is 0 Å². The summed E-state index contributed by atoms with van der Waals surface area (Å²) in [6, 6.07) is 6.63. The monoisotopic (exact) mass is 341 g/mol. The molecular weight excluding hydrogens is 318 g/mol. The van der Waals surface area contributed by atoms with Crippen LogP contribution in [0.4, 0.5) is 0 Å². The van der Waals surface area contributed by atoms with E-state index in [0.29, 0.717) is 19.3 Å². The minimum atomic E-state index is 0.393. The summed E-state index contributed by atoms with van der Waals surface area (Å²) in [5, 5.41) is 0. The van der Waals surface area contributed by atoms with E-state index in [2.05, 4.69) is 27.0 Å². The third kappa shape index (κ3) is 4.08. The molecule has 2 aliphatic heterocycles. The zero-order valence-corrected chi connectivity index (χ0v) is 14.3. The number of aryl methyl sites for hydroxylation is 1. The third-order valence-corrected chi connectivity index (χ3v) is 4.69. The van der Waals surface area contributed by atoms with Crippen LogP contribution in [0.15, 0.2) is 36.8 Å². The van der Waals surface area contributed by atoms with Gasteiger partial charge in [-0.05, 0) is 30.5 Å². The van der Waals surface area contributed by atoms with Gasteiger partial charge < -0.3 is 14.2 Å². The van der Waals surface area contributed by atoms with Crippen molar-refractivity contribution in [2.75, 3.05) is 33.0 Å². The van der Waals surface area contributed by atoms with Gasteiger partial charge in [0.25, 0.3) is 0 Å². The Kier molecular flexibility index (Phi) is 5.09. The molecule has 0 spiro atoms. The first-order valence-electron chi connectivity index (χ1n) is 8.84. The Bertz CT molecular complexity index is 696. The minimum absolute atomic E-state index is 0.393. The highest BCUT2D eigenvalue weighted by atomic mass is 16.6. The first-order chi connectivity index (χ1) is 12.4. The van der Waals surface area contributed by atoms with Gasteiger partial charge in [0.15, 0.2) is 11.5 Å². The molecule has 4 rings (SSSR count). The molecule has 1 saturated heterocycles. The molecule has 2 aromatic rings. The molecule has 132 valence electrons. The van der Waals surface area contributed by atoms with Crippen molar-refractivity contribution in [3.05, 3.63) is 48.0 Å². The molecule has 0 saturated carbocycles. The number of ether oxygens (including phenoxy) is 3. The van der Waals surface area contributed by atoms with Crippen LogP contribution in [0.2, 0.25) is 0 Å². The van der Waals surface area contributed by atoms with Crippen molar-refractivity contribution in [2.24, 2.45) is 0 Å². The van der Waals surface area contributed by atoms with Gasteiger partial charge in [-0.15, -0.1) is 0 Å². The molecule has 1 fully saturated rings. The number of aromatic nitrogens is 2. The SMILES string of the molecule is c1cnc(CC[C@@H]2COCCN2Cc2ccc3c(c2)OCCO3)cn1. The van der Waals surface area contributed by atoms with Gasteiger partial charge in [-0.3, -0.25) is 14.9 Å². The van der Waals surface area contributed by atoms with E-state index < -0.39 is 0 Å². The van der Waals surface area contributed by atoms with Gasteiger partial charge in [0.1, 0.15) is 13.2 Å². The van der Waals surface area contributed by atoms with Crippen LogP contribution >= 0.6 is 0 Å². The number of rotatable bonds is 5. The van der Waals surface area contributed by atoms with E-state index in [-0.39, 0.29) is 0 Å². The van der Waals surface area contributed by atoms with Crippen LogP contribution in [-0.2, 0) is 17.7 Å². The first kappa shape index (κ1) is 16.3. The average molecular weight is 341 g/mol. The fourth-order valence-corrected chi connectivity index (χ4v) is 3.36. The molecule has 6 nitrogen and oxygen atoms in total. The molecule has 1 atom stereocenters. The van der Waals surface area contributed by atoms with Crippen LogP contribution < -0.4 is 9.47 Å².